The lowest BCUT2D eigenvalue weighted by molar-refractivity contribution is -0.116. The number of nitrogens with one attached hydrogen (secondary N) is 1. The summed E-state index contributed by atoms with van der Waals surface area (Å²) in [4.78, 5) is 13.0. The van der Waals surface area contributed by atoms with Gasteiger partial charge in [-0.2, -0.15) is 0 Å². The molecule has 0 radical (unpaired) electrons. The van der Waals surface area contributed by atoms with Crippen molar-refractivity contribution in [1.29, 1.82) is 0 Å². The van der Waals surface area contributed by atoms with Crippen LogP contribution in [-0.2, 0) is 4.79 Å². The molecule has 3 aromatic rings. The van der Waals surface area contributed by atoms with Crippen LogP contribution in [0.2, 0.25) is 5.02 Å². The van der Waals surface area contributed by atoms with E-state index in [0.29, 0.717) is 10.7 Å². The Kier molecular flexibility index (Phi) is 5.34. The zero-order chi connectivity index (χ0) is 16.9. The van der Waals surface area contributed by atoms with Crippen molar-refractivity contribution in [3.8, 4) is 0 Å². The Hall–Kier alpha value is -2.10. The topological polar surface area (TPSA) is 29.1 Å². The van der Waals surface area contributed by atoms with Crippen LogP contribution in [0.4, 0.5) is 5.69 Å². The maximum absolute atomic E-state index is 13.0. The van der Waals surface area contributed by atoms with Gasteiger partial charge in [0.25, 0.3) is 0 Å². The molecule has 0 aromatic heterocycles. The van der Waals surface area contributed by atoms with Crippen LogP contribution in [0.25, 0.3) is 0 Å². The fourth-order valence-corrected chi connectivity index (χ4v) is 3.30. The predicted molar refractivity (Wildman–Crippen MR) is 103 cm³/mol. The van der Waals surface area contributed by atoms with Gasteiger partial charge in [0.1, 0.15) is 0 Å². The number of carbonyl (C=O) groups is 1. The Morgan fingerprint density at radius 3 is 1.92 bits per heavy atom. The third-order valence-electron chi connectivity index (χ3n) is 3.72. The van der Waals surface area contributed by atoms with E-state index in [9.17, 15) is 4.79 Å². The van der Waals surface area contributed by atoms with Gasteiger partial charge in [0.2, 0.25) is 5.91 Å². The molecule has 0 aliphatic heterocycles. The Morgan fingerprint density at radius 1 is 0.875 bits per heavy atom. The zero-order valence-corrected chi connectivity index (χ0v) is 15.1. The van der Waals surface area contributed by atoms with Gasteiger partial charge in [0, 0.05) is 4.47 Å². The van der Waals surface area contributed by atoms with Gasteiger partial charge in [0.15, 0.2) is 0 Å². The summed E-state index contributed by atoms with van der Waals surface area (Å²) in [5.41, 5.74) is 2.48. The van der Waals surface area contributed by atoms with Crippen LogP contribution >= 0.6 is 27.5 Å². The van der Waals surface area contributed by atoms with Gasteiger partial charge in [-0.3, -0.25) is 4.79 Å². The monoisotopic (exact) mass is 399 g/mol. The summed E-state index contributed by atoms with van der Waals surface area (Å²) in [6, 6.07) is 24.9. The second kappa shape index (κ2) is 7.65. The van der Waals surface area contributed by atoms with E-state index in [4.69, 9.17) is 11.6 Å². The van der Waals surface area contributed by atoms with Crippen molar-refractivity contribution in [3.63, 3.8) is 0 Å². The molecule has 3 rings (SSSR count). The van der Waals surface area contributed by atoms with E-state index in [2.05, 4.69) is 21.2 Å². The van der Waals surface area contributed by atoms with Gasteiger partial charge in [-0.1, -0.05) is 88.2 Å². The van der Waals surface area contributed by atoms with Crippen LogP contribution in [0.1, 0.15) is 17.0 Å². The molecule has 120 valence electrons. The Bertz CT molecular complexity index is 797. The number of hydrogen-bond acceptors (Lipinski definition) is 1. The van der Waals surface area contributed by atoms with Gasteiger partial charge in [0.05, 0.1) is 16.6 Å². The van der Waals surface area contributed by atoms with Gasteiger partial charge in [-0.05, 0) is 29.3 Å². The minimum atomic E-state index is -0.396. The molecule has 0 spiro atoms. The smallest absolute Gasteiger partial charge is 0.236 e. The van der Waals surface area contributed by atoms with Crippen LogP contribution in [0.5, 0.6) is 0 Å². The van der Waals surface area contributed by atoms with Gasteiger partial charge >= 0.3 is 0 Å². The van der Waals surface area contributed by atoms with E-state index in [1.807, 2.05) is 66.7 Å². The maximum Gasteiger partial charge on any atom is 0.236 e. The van der Waals surface area contributed by atoms with E-state index in [-0.39, 0.29) is 5.91 Å². The van der Waals surface area contributed by atoms with Crippen molar-refractivity contribution in [1.82, 2.24) is 0 Å². The summed E-state index contributed by atoms with van der Waals surface area (Å²) < 4.78 is 0.869. The van der Waals surface area contributed by atoms with Crippen LogP contribution in [0.3, 0.4) is 0 Å². The first-order chi connectivity index (χ1) is 11.6. The molecule has 0 aliphatic rings. The quantitative estimate of drug-likeness (QED) is 0.583. The minimum Gasteiger partial charge on any atom is -0.324 e. The SMILES string of the molecule is O=C(Nc1ccc(Br)cc1Cl)C(c1ccccc1)c1ccccc1. The Morgan fingerprint density at radius 2 is 1.42 bits per heavy atom. The van der Waals surface area contributed by atoms with E-state index in [1.165, 1.54) is 0 Å². The van der Waals surface area contributed by atoms with Crippen molar-refractivity contribution in [2.75, 3.05) is 5.32 Å². The summed E-state index contributed by atoms with van der Waals surface area (Å²) in [6.45, 7) is 0. The van der Waals surface area contributed by atoms with Crippen molar-refractivity contribution < 1.29 is 4.79 Å². The van der Waals surface area contributed by atoms with Gasteiger partial charge in [-0.25, -0.2) is 0 Å². The molecule has 1 amide bonds. The second-order valence-electron chi connectivity index (χ2n) is 5.37. The highest BCUT2D eigenvalue weighted by Gasteiger charge is 2.23. The van der Waals surface area contributed by atoms with E-state index >= 15 is 0 Å². The predicted octanol–water partition coefficient (Wildman–Crippen LogP) is 5.87. The standard InChI is InChI=1S/C20H15BrClNO/c21-16-11-12-18(17(22)13-16)23-20(24)19(14-7-3-1-4-8-14)15-9-5-2-6-10-15/h1-13,19H,(H,23,24). The molecule has 0 atom stereocenters. The average Bonchev–Trinajstić information content (AvgIpc) is 2.60. The molecule has 3 aromatic carbocycles. The van der Waals surface area contributed by atoms with Crippen LogP contribution in [-0.4, -0.2) is 5.91 Å². The lowest BCUT2D eigenvalue weighted by Crippen LogP contribution is -2.22. The fourth-order valence-electron chi connectivity index (χ4n) is 2.58. The molecule has 2 nitrogen and oxygen atoms in total. The molecule has 0 saturated carbocycles. The maximum atomic E-state index is 13.0. The molecule has 24 heavy (non-hydrogen) atoms. The molecular weight excluding hydrogens is 386 g/mol. The van der Waals surface area contributed by atoms with Crippen molar-refractivity contribution in [3.05, 3.63) is 99.5 Å². The number of amides is 1. The lowest BCUT2D eigenvalue weighted by atomic mass is 9.90. The minimum absolute atomic E-state index is 0.114. The van der Waals surface area contributed by atoms with Crippen molar-refractivity contribution >= 4 is 39.1 Å². The number of anilines is 1. The van der Waals surface area contributed by atoms with Crippen LogP contribution in [0, 0.1) is 0 Å². The molecule has 0 heterocycles. The highest BCUT2D eigenvalue weighted by Crippen LogP contribution is 2.29. The van der Waals surface area contributed by atoms with E-state index in [0.717, 1.165) is 15.6 Å². The van der Waals surface area contributed by atoms with Gasteiger partial charge < -0.3 is 5.32 Å². The number of rotatable bonds is 4. The first-order valence-corrected chi connectivity index (χ1v) is 8.68. The molecule has 1 N–H and O–H groups in total. The van der Waals surface area contributed by atoms with Crippen LogP contribution in [0.15, 0.2) is 83.3 Å². The Labute approximate surface area is 154 Å². The van der Waals surface area contributed by atoms with Crippen molar-refractivity contribution in [2.45, 2.75) is 5.92 Å². The van der Waals surface area contributed by atoms with Crippen LogP contribution < -0.4 is 5.32 Å². The summed E-state index contributed by atoms with van der Waals surface area (Å²) in [5, 5.41) is 3.44. The average molecular weight is 401 g/mol. The van der Waals surface area contributed by atoms with Gasteiger partial charge in [-0.15, -0.1) is 0 Å². The first kappa shape index (κ1) is 16.7. The molecule has 4 heteroatoms. The lowest BCUT2D eigenvalue weighted by Gasteiger charge is -2.18. The number of benzene rings is 3. The van der Waals surface area contributed by atoms with E-state index < -0.39 is 5.92 Å². The summed E-state index contributed by atoms with van der Waals surface area (Å²) in [7, 11) is 0. The third kappa shape index (κ3) is 3.86. The largest absolute Gasteiger partial charge is 0.324 e. The fraction of sp³-hybridized carbons (Fsp3) is 0.0500. The summed E-state index contributed by atoms with van der Waals surface area (Å²) >= 11 is 9.59. The summed E-state index contributed by atoms with van der Waals surface area (Å²) in [5.74, 6) is -0.510. The molecular formula is C20H15BrClNO. The van der Waals surface area contributed by atoms with E-state index in [1.54, 1.807) is 12.1 Å². The number of carbonyl (C=O) groups excluding carboxylic acids is 1. The molecule has 0 bridgehead atoms. The molecule has 0 aliphatic carbocycles. The van der Waals surface area contributed by atoms with Crippen molar-refractivity contribution in [2.24, 2.45) is 0 Å². The molecule has 0 unspecified atom stereocenters. The molecule has 0 saturated heterocycles. The number of halogens is 2. The highest BCUT2D eigenvalue weighted by atomic mass is 79.9. The second-order valence-corrected chi connectivity index (χ2v) is 6.69. The molecule has 0 fully saturated rings. The third-order valence-corrected chi connectivity index (χ3v) is 4.52. The number of hydrogen-bond donors (Lipinski definition) is 1. The highest BCUT2D eigenvalue weighted by molar-refractivity contribution is 9.10. The summed E-state index contributed by atoms with van der Waals surface area (Å²) in [6.07, 6.45) is 0. The normalized spacial score (nSPS) is 10.6. The first-order valence-electron chi connectivity index (χ1n) is 7.51. The zero-order valence-electron chi connectivity index (χ0n) is 12.7. The Balaban J connectivity index is 1.95.